The van der Waals surface area contributed by atoms with Gasteiger partial charge in [-0.2, -0.15) is 5.26 Å². The van der Waals surface area contributed by atoms with Crippen molar-refractivity contribution in [2.75, 3.05) is 6.54 Å². The third-order valence-corrected chi connectivity index (χ3v) is 3.52. The van der Waals surface area contributed by atoms with Gasteiger partial charge in [0.2, 0.25) is 0 Å². The highest BCUT2D eigenvalue weighted by atomic mass is 32.1. The summed E-state index contributed by atoms with van der Waals surface area (Å²) in [4.78, 5) is 7.86. The number of rotatable bonds is 5. The van der Waals surface area contributed by atoms with Gasteiger partial charge < -0.3 is 0 Å². The predicted octanol–water partition coefficient (Wildman–Crippen LogP) is 2.52. The van der Waals surface area contributed by atoms with E-state index < -0.39 is 0 Å². The second-order valence-corrected chi connectivity index (χ2v) is 5.17. The Morgan fingerprint density at radius 1 is 1.59 bits per heavy atom. The molecular weight excluding hydrogens is 232 g/mol. The summed E-state index contributed by atoms with van der Waals surface area (Å²) < 4.78 is 2.04. The molecule has 0 amide bonds. The Bertz CT molecular complexity index is 491. The number of fused-ring (bicyclic) bond motifs is 1. The Balaban J connectivity index is 2.07. The van der Waals surface area contributed by atoms with Gasteiger partial charge in [0.25, 0.3) is 0 Å². The monoisotopic (exact) mass is 248 g/mol. The quantitative estimate of drug-likeness (QED) is 0.816. The van der Waals surface area contributed by atoms with Gasteiger partial charge in [-0.3, -0.25) is 9.30 Å². The van der Waals surface area contributed by atoms with Gasteiger partial charge in [-0.15, -0.1) is 11.3 Å². The molecule has 2 aromatic heterocycles. The van der Waals surface area contributed by atoms with Crippen molar-refractivity contribution in [3.05, 3.63) is 23.5 Å². The summed E-state index contributed by atoms with van der Waals surface area (Å²) in [5, 5.41) is 10.7. The van der Waals surface area contributed by atoms with Crippen LogP contribution in [0.3, 0.4) is 0 Å². The lowest BCUT2D eigenvalue weighted by atomic mass is 10.2. The standard InChI is InChI=1S/C12H16N4S/c1-10(2)15(5-3-4-13)8-11-9-16-6-7-17-12(16)14-11/h6-7,9-10H,3,5,8H2,1-2H3. The van der Waals surface area contributed by atoms with Crippen molar-refractivity contribution in [3.63, 3.8) is 0 Å². The average molecular weight is 248 g/mol. The van der Waals surface area contributed by atoms with Crippen LogP contribution in [0.2, 0.25) is 0 Å². The number of nitrogens with zero attached hydrogens (tertiary/aromatic N) is 4. The van der Waals surface area contributed by atoms with Crippen LogP contribution in [-0.2, 0) is 6.54 Å². The molecule has 0 bridgehead atoms. The van der Waals surface area contributed by atoms with Gasteiger partial charge in [0, 0.05) is 43.3 Å². The fourth-order valence-electron chi connectivity index (χ4n) is 1.77. The van der Waals surface area contributed by atoms with E-state index >= 15 is 0 Å². The Morgan fingerprint density at radius 2 is 2.41 bits per heavy atom. The molecule has 0 N–H and O–H groups in total. The molecule has 5 heteroatoms. The zero-order valence-electron chi connectivity index (χ0n) is 10.1. The first-order chi connectivity index (χ1) is 8.20. The van der Waals surface area contributed by atoms with Crippen molar-refractivity contribution >= 4 is 16.3 Å². The van der Waals surface area contributed by atoms with Crippen LogP contribution in [0.4, 0.5) is 0 Å². The largest absolute Gasteiger partial charge is 0.297 e. The van der Waals surface area contributed by atoms with Crippen LogP contribution in [0.25, 0.3) is 4.96 Å². The fourth-order valence-corrected chi connectivity index (χ4v) is 2.49. The van der Waals surface area contributed by atoms with Crippen LogP contribution < -0.4 is 0 Å². The summed E-state index contributed by atoms with van der Waals surface area (Å²) in [6, 6.07) is 2.63. The smallest absolute Gasteiger partial charge is 0.193 e. The molecule has 2 aromatic rings. The number of hydrogen-bond donors (Lipinski definition) is 0. The molecule has 0 aliphatic rings. The molecule has 0 unspecified atom stereocenters. The van der Waals surface area contributed by atoms with E-state index in [9.17, 15) is 0 Å². The SMILES string of the molecule is CC(C)N(CCC#N)Cc1cn2ccsc2n1. The van der Waals surface area contributed by atoms with Crippen LogP contribution in [0.5, 0.6) is 0 Å². The van der Waals surface area contributed by atoms with Crippen molar-refractivity contribution in [2.45, 2.75) is 32.9 Å². The second-order valence-electron chi connectivity index (χ2n) is 4.30. The summed E-state index contributed by atoms with van der Waals surface area (Å²) in [6.07, 6.45) is 4.65. The number of imidazole rings is 1. The van der Waals surface area contributed by atoms with Gasteiger partial charge in [-0.1, -0.05) is 0 Å². The summed E-state index contributed by atoms with van der Waals surface area (Å²) >= 11 is 1.64. The molecule has 0 radical (unpaired) electrons. The van der Waals surface area contributed by atoms with E-state index in [1.54, 1.807) is 11.3 Å². The molecule has 2 heterocycles. The van der Waals surface area contributed by atoms with E-state index in [4.69, 9.17) is 5.26 Å². The van der Waals surface area contributed by atoms with Crippen molar-refractivity contribution in [2.24, 2.45) is 0 Å². The molecule has 4 nitrogen and oxygen atoms in total. The molecule has 0 aromatic carbocycles. The first kappa shape index (κ1) is 12.1. The van der Waals surface area contributed by atoms with E-state index in [0.29, 0.717) is 12.5 Å². The van der Waals surface area contributed by atoms with Crippen molar-refractivity contribution in [1.82, 2.24) is 14.3 Å². The highest BCUT2D eigenvalue weighted by Gasteiger charge is 2.12. The summed E-state index contributed by atoms with van der Waals surface area (Å²) in [6.45, 7) is 5.92. The molecular formula is C12H16N4S. The topological polar surface area (TPSA) is 44.3 Å². The zero-order valence-corrected chi connectivity index (χ0v) is 10.9. The molecule has 0 aliphatic carbocycles. The summed E-state index contributed by atoms with van der Waals surface area (Å²) in [5.74, 6) is 0. The Labute approximate surface area is 105 Å². The average Bonchev–Trinajstić information content (AvgIpc) is 2.83. The van der Waals surface area contributed by atoms with E-state index in [1.165, 1.54) is 0 Å². The third kappa shape index (κ3) is 2.84. The molecule has 0 atom stereocenters. The maximum absolute atomic E-state index is 8.65. The number of nitriles is 1. The van der Waals surface area contributed by atoms with E-state index in [0.717, 1.165) is 23.7 Å². The van der Waals surface area contributed by atoms with Crippen molar-refractivity contribution in [3.8, 4) is 6.07 Å². The summed E-state index contributed by atoms with van der Waals surface area (Å²) in [7, 11) is 0. The minimum absolute atomic E-state index is 0.433. The van der Waals surface area contributed by atoms with Gasteiger partial charge in [-0.25, -0.2) is 4.98 Å². The van der Waals surface area contributed by atoms with Crippen LogP contribution in [0.15, 0.2) is 17.8 Å². The van der Waals surface area contributed by atoms with Crippen LogP contribution >= 0.6 is 11.3 Å². The van der Waals surface area contributed by atoms with Crippen molar-refractivity contribution in [1.29, 1.82) is 5.26 Å². The number of hydrogen-bond acceptors (Lipinski definition) is 4. The first-order valence-corrected chi connectivity index (χ1v) is 6.60. The Hall–Kier alpha value is -1.38. The molecule has 0 saturated heterocycles. The van der Waals surface area contributed by atoms with Crippen LogP contribution in [-0.4, -0.2) is 26.9 Å². The highest BCUT2D eigenvalue weighted by Crippen LogP contribution is 2.14. The van der Waals surface area contributed by atoms with Crippen LogP contribution in [0, 0.1) is 11.3 Å². The molecule has 0 spiro atoms. The van der Waals surface area contributed by atoms with Crippen LogP contribution in [0.1, 0.15) is 26.0 Å². The molecule has 0 aliphatic heterocycles. The molecule has 0 saturated carbocycles. The lowest BCUT2D eigenvalue weighted by molar-refractivity contribution is 0.215. The predicted molar refractivity (Wildman–Crippen MR) is 68.8 cm³/mol. The normalized spacial score (nSPS) is 11.5. The summed E-state index contributed by atoms with van der Waals surface area (Å²) in [5.41, 5.74) is 1.07. The third-order valence-electron chi connectivity index (χ3n) is 2.75. The molecule has 0 fully saturated rings. The van der Waals surface area contributed by atoms with Gasteiger partial charge >= 0.3 is 0 Å². The maximum atomic E-state index is 8.65. The molecule has 2 rings (SSSR count). The Morgan fingerprint density at radius 3 is 3.06 bits per heavy atom. The maximum Gasteiger partial charge on any atom is 0.193 e. The molecule has 17 heavy (non-hydrogen) atoms. The molecule has 90 valence electrons. The second kappa shape index (κ2) is 5.30. The zero-order chi connectivity index (χ0) is 12.3. The lowest BCUT2D eigenvalue weighted by Crippen LogP contribution is -2.31. The first-order valence-electron chi connectivity index (χ1n) is 5.73. The van der Waals surface area contributed by atoms with E-state index in [1.807, 2.05) is 16.0 Å². The minimum atomic E-state index is 0.433. The van der Waals surface area contributed by atoms with E-state index in [2.05, 4.69) is 36.0 Å². The van der Waals surface area contributed by atoms with Gasteiger partial charge in [-0.05, 0) is 13.8 Å². The minimum Gasteiger partial charge on any atom is -0.297 e. The van der Waals surface area contributed by atoms with Crippen molar-refractivity contribution < 1.29 is 0 Å². The van der Waals surface area contributed by atoms with E-state index in [-0.39, 0.29) is 0 Å². The number of aromatic nitrogens is 2. The fraction of sp³-hybridized carbons (Fsp3) is 0.500. The van der Waals surface area contributed by atoms with Gasteiger partial charge in [0.15, 0.2) is 4.96 Å². The Kier molecular flexibility index (Phi) is 3.77. The van der Waals surface area contributed by atoms with Gasteiger partial charge in [0.1, 0.15) is 0 Å². The van der Waals surface area contributed by atoms with Gasteiger partial charge in [0.05, 0.1) is 11.8 Å². The highest BCUT2D eigenvalue weighted by molar-refractivity contribution is 7.15. The number of thiazole rings is 1. The lowest BCUT2D eigenvalue weighted by Gasteiger charge is -2.24.